The molecule has 0 aliphatic carbocycles. The summed E-state index contributed by atoms with van der Waals surface area (Å²) < 4.78 is 6.81. The van der Waals surface area contributed by atoms with Gasteiger partial charge in [0.1, 0.15) is 23.2 Å². The Kier molecular flexibility index (Phi) is 3.78. The van der Waals surface area contributed by atoms with Crippen LogP contribution in [0.4, 0.5) is 11.5 Å². The first-order valence-corrected chi connectivity index (χ1v) is 8.88. The number of aromatic nitrogens is 3. The Morgan fingerprint density at radius 1 is 1.36 bits per heavy atom. The van der Waals surface area contributed by atoms with E-state index in [9.17, 15) is 5.26 Å². The van der Waals surface area contributed by atoms with Crippen molar-refractivity contribution in [3.63, 3.8) is 0 Å². The lowest BCUT2D eigenvalue weighted by atomic mass is 9.98. The molecule has 0 bridgehead atoms. The number of nitriles is 1. The van der Waals surface area contributed by atoms with Gasteiger partial charge in [-0.3, -0.25) is 0 Å². The highest BCUT2D eigenvalue weighted by atomic mass is 79.9. The van der Waals surface area contributed by atoms with Gasteiger partial charge in [-0.1, -0.05) is 27.7 Å². The van der Waals surface area contributed by atoms with E-state index in [1.54, 1.807) is 12.4 Å². The fraction of sp³-hybridized carbons (Fsp3) is 0.0625. The highest BCUT2D eigenvalue weighted by Crippen LogP contribution is 2.53. The number of pyridine rings is 1. The normalized spacial score (nSPS) is 15.0. The maximum Gasteiger partial charge on any atom is 0.228 e. The van der Waals surface area contributed by atoms with E-state index < -0.39 is 0 Å². The second-order valence-corrected chi connectivity index (χ2v) is 7.30. The third-order valence-electron chi connectivity index (χ3n) is 3.81. The maximum atomic E-state index is 9.36. The molecule has 0 saturated carbocycles. The van der Waals surface area contributed by atoms with Crippen molar-refractivity contribution in [2.24, 2.45) is 0 Å². The van der Waals surface area contributed by atoms with Gasteiger partial charge in [-0.15, -0.1) is 0 Å². The monoisotopic (exact) mass is 414 g/mol. The lowest BCUT2D eigenvalue weighted by Gasteiger charge is -2.28. The fourth-order valence-corrected chi connectivity index (χ4v) is 4.20. The number of H-pyrrole nitrogens is 1. The molecule has 3 aromatic rings. The second-order valence-electron chi connectivity index (χ2n) is 5.29. The zero-order valence-corrected chi connectivity index (χ0v) is 15.1. The summed E-state index contributed by atoms with van der Waals surface area (Å²) in [5, 5.41) is 9.83. The molecule has 25 heavy (non-hydrogen) atoms. The van der Waals surface area contributed by atoms with E-state index in [1.165, 1.54) is 11.8 Å². The van der Waals surface area contributed by atoms with Crippen molar-refractivity contribution in [3.8, 4) is 17.7 Å². The van der Waals surface area contributed by atoms with Gasteiger partial charge in [-0.25, -0.2) is 4.98 Å². The van der Waals surface area contributed by atoms with Gasteiger partial charge in [0.05, 0.1) is 16.5 Å². The summed E-state index contributed by atoms with van der Waals surface area (Å²) in [5.41, 5.74) is 14.1. The number of nitrogens with two attached hydrogens (primary N) is 2. The molecule has 0 amide bonds. The van der Waals surface area contributed by atoms with Crippen molar-refractivity contribution in [3.05, 3.63) is 51.8 Å². The summed E-state index contributed by atoms with van der Waals surface area (Å²) in [6.45, 7) is 0. The van der Waals surface area contributed by atoms with E-state index >= 15 is 0 Å². The van der Waals surface area contributed by atoms with Gasteiger partial charge in [0.25, 0.3) is 0 Å². The summed E-state index contributed by atoms with van der Waals surface area (Å²) in [6.07, 6.45) is 3.42. The van der Waals surface area contributed by atoms with Crippen LogP contribution < -0.4 is 16.2 Å². The van der Waals surface area contributed by atoms with Crippen molar-refractivity contribution in [1.82, 2.24) is 15.0 Å². The van der Waals surface area contributed by atoms with Crippen molar-refractivity contribution in [1.29, 1.82) is 5.26 Å². The molecule has 4 rings (SSSR count). The number of halogens is 1. The van der Waals surface area contributed by atoms with Gasteiger partial charge in [0, 0.05) is 22.4 Å². The van der Waals surface area contributed by atoms with Crippen LogP contribution in [0.3, 0.4) is 0 Å². The largest absolute Gasteiger partial charge is 0.438 e. The number of hydrogen-bond acceptors (Lipinski definition) is 7. The zero-order valence-electron chi connectivity index (χ0n) is 12.7. The minimum atomic E-state index is -0.248. The van der Waals surface area contributed by atoms with Crippen LogP contribution in [-0.4, -0.2) is 15.0 Å². The number of thioether (sulfide) groups is 1. The smallest absolute Gasteiger partial charge is 0.228 e. The highest BCUT2D eigenvalue weighted by molar-refractivity contribution is 9.10. The SMILES string of the molecule is N#Cc1c(N)nc2c(c1N)C(Sc1ncc[nH]1)c1cc(Br)ccc1O2. The summed E-state index contributed by atoms with van der Waals surface area (Å²) in [5.74, 6) is 1.03. The fourth-order valence-electron chi connectivity index (χ4n) is 2.69. The molecule has 0 fully saturated rings. The molecule has 2 aromatic heterocycles. The first-order valence-electron chi connectivity index (χ1n) is 7.20. The van der Waals surface area contributed by atoms with Crippen LogP contribution in [0.5, 0.6) is 11.6 Å². The number of nitrogens with one attached hydrogen (secondary N) is 1. The Labute approximate surface area is 155 Å². The third-order valence-corrected chi connectivity index (χ3v) is 5.47. The highest BCUT2D eigenvalue weighted by Gasteiger charge is 2.34. The molecule has 124 valence electrons. The number of imidazole rings is 1. The lowest BCUT2D eigenvalue weighted by Crippen LogP contribution is -2.15. The van der Waals surface area contributed by atoms with Crippen LogP contribution in [0, 0.1) is 11.3 Å². The second kappa shape index (κ2) is 5.98. The van der Waals surface area contributed by atoms with Crippen LogP contribution in [0.2, 0.25) is 0 Å². The minimum absolute atomic E-state index is 0.0565. The van der Waals surface area contributed by atoms with Gasteiger partial charge in [-0.05, 0) is 18.2 Å². The molecule has 7 nitrogen and oxygen atoms in total. The molecule has 0 radical (unpaired) electrons. The van der Waals surface area contributed by atoms with Crippen molar-refractivity contribution >= 4 is 39.2 Å². The van der Waals surface area contributed by atoms with Crippen LogP contribution in [0.1, 0.15) is 21.9 Å². The quantitative estimate of drug-likeness (QED) is 0.584. The summed E-state index contributed by atoms with van der Waals surface area (Å²) in [4.78, 5) is 11.6. The molecule has 1 aromatic carbocycles. The maximum absolute atomic E-state index is 9.36. The third kappa shape index (κ3) is 2.59. The first-order chi connectivity index (χ1) is 12.1. The standard InChI is InChI=1S/C16H11BrN6OS/c17-7-1-2-10-8(5-7)13(25-16-21-3-4-22-16)11-12(19)9(6-18)14(20)23-15(11)24-10/h1-5,13H,(H,21,22)(H4,19,20,23). The predicted octanol–water partition coefficient (Wildman–Crippen LogP) is 3.59. The van der Waals surface area contributed by atoms with E-state index in [-0.39, 0.29) is 22.3 Å². The molecule has 1 unspecified atom stereocenters. The van der Waals surface area contributed by atoms with Crippen LogP contribution in [0.25, 0.3) is 0 Å². The van der Waals surface area contributed by atoms with Gasteiger partial charge < -0.3 is 21.2 Å². The molecule has 3 heterocycles. The number of ether oxygens (including phenoxy) is 1. The van der Waals surface area contributed by atoms with Crippen LogP contribution in [0.15, 0.2) is 40.2 Å². The first kappa shape index (κ1) is 15.8. The number of nitrogen functional groups attached to an aromatic ring is 2. The van der Waals surface area contributed by atoms with E-state index in [0.29, 0.717) is 17.2 Å². The molecule has 1 atom stereocenters. The van der Waals surface area contributed by atoms with Crippen molar-refractivity contribution in [2.75, 3.05) is 11.5 Å². The molecule has 1 aliphatic heterocycles. The molecule has 9 heteroatoms. The lowest BCUT2D eigenvalue weighted by molar-refractivity contribution is 0.441. The molecule has 0 saturated heterocycles. The van der Waals surface area contributed by atoms with Gasteiger partial charge in [0.2, 0.25) is 5.88 Å². The van der Waals surface area contributed by atoms with Gasteiger partial charge >= 0.3 is 0 Å². The average Bonchev–Trinajstić information content (AvgIpc) is 3.08. The Morgan fingerprint density at radius 2 is 2.20 bits per heavy atom. The zero-order chi connectivity index (χ0) is 17.6. The summed E-state index contributed by atoms with van der Waals surface area (Å²) in [6, 6.07) is 7.71. The number of benzene rings is 1. The van der Waals surface area contributed by atoms with Crippen molar-refractivity contribution < 1.29 is 4.74 Å². The van der Waals surface area contributed by atoms with E-state index in [2.05, 4.69) is 30.9 Å². The number of fused-ring (bicyclic) bond motifs is 2. The molecule has 5 N–H and O–H groups in total. The van der Waals surface area contributed by atoms with E-state index in [0.717, 1.165) is 15.2 Å². The Hall–Kier alpha value is -2.70. The van der Waals surface area contributed by atoms with Gasteiger partial charge in [-0.2, -0.15) is 10.2 Å². The molecule has 1 aliphatic rings. The molecule has 0 spiro atoms. The number of rotatable bonds is 2. The summed E-state index contributed by atoms with van der Waals surface area (Å²) >= 11 is 4.95. The number of anilines is 2. The van der Waals surface area contributed by atoms with Gasteiger partial charge in [0.15, 0.2) is 5.16 Å². The topological polar surface area (TPSA) is 127 Å². The van der Waals surface area contributed by atoms with E-state index in [4.69, 9.17) is 16.2 Å². The predicted molar refractivity (Wildman–Crippen MR) is 98.3 cm³/mol. The van der Waals surface area contributed by atoms with Crippen LogP contribution >= 0.6 is 27.7 Å². The minimum Gasteiger partial charge on any atom is -0.438 e. The number of nitrogens with zero attached hydrogens (tertiary/aromatic N) is 3. The van der Waals surface area contributed by atoms with Crippen molar-refractivity contribution in [2.45, 2.75) is 10.4 Å². The number of hydrogen-bond donors (Lipinski definition) is 3. The average molecular weight is 415 g/mol. The van der Waals surface area contributed by atoms with E-state index in [1.807, 2.05) is 24.3 Å². The summed E-state index contributed by atoms with van der Waals surface area (Å²) in [7, 11) is 0. The molecular weight excluding hydrogens is 404 g/mol. The number of aromatic amines is 1. The van der Waals surface area contributed by atoms with Crippen LogP contribution in [-0.2, 0) is 0 Å². The Morgan fingerprint density at radius 3 is 2.92 bits per heavy atom. The Balaban J connectivity index is 1.95. The Bertz CT molecular complexity index is 1010. The molecular formula is C16H11BrN6OS.